The van der Waals surface area contributed by atoms with Crippen molar-refractivity contribution in [3.05, 3.63) is 0 Å². The molecule has 0 aromatic carbocycles. The summed E-state index contributed by atoms with van der Waals surface area (Å²) in [7, 11) is 0.477. The average molecular weight is 423 g/mol. The van der Waals surface area contributed by atoms with Crippen LogP contribution in [0.4, 0.5) is 0 Å². The van der Waals surface area contributed by atoms with E-state index in [0.717, 1.165) is 6.92 Å². The molecule has 0 aromatic rings. The summed E-state index contributed by atoms with van der Waals surface area (Å²) < 4.78 is 17.1. The number of nitrogens with two attached hydrogens (primary N) is 1. The number of amides is 2. The van der Waals surface area contributed by atoms with Gasteiger partial charge in [0.15, 0.2) is 8.03 Å². The zero-order chi connectivity index (χ0) is 22.4. The Balaban J connectivity index is 0. The molecular formula is C18H38N3O6P. The SMILES string of the molecule is CC(=O)O.CNC(=O)[C@H](CC(C)C)NC(=O)C(CC(C)C)C(CN)[PH](=O)OC. The van der Waals surface area contributed by atoms with Gasteiger partial charge in [-0.1, -0.05) is 27.7 Å². The van der Waals surface area contributed by atoms with Crippen molar-refractivity contribution in [1.29, 1.82) is 0 Å². The van der Waals surface area contributed by atoms with Gasteiger partial charge in [-0.2, -0.15) is 0 Å². The highest BCUT2D eigenvalue weighted by molar-refractivity contribution is 7.40. The van der Waals surface area contributed by atoms with E-state index in [-0.39, 0.29) is 30.2 Å². The Hall–Kier alpha value is -1.44. The van der Waals surface area contributed by atoms with Crippen LogP contribution in [0.1, 0.15) is 47.5 Å². The molecule has 0 heterocycles. The van der Waals surface area contributed by atoms with Gasteiger partial charge in [0, 0.05) is 27.6 Å². The predicted molar refractivity (Wildman–Crippen MR) is 111 cm³/mol. The maximum Gasteiger partial charge on any atom is 0.300 e. The van der Waals surface area contributed by atoms with Crippen molar-refractivity contribution >= 4 is 25.8 Å². The number of carboxylic acids is 1. The number of carbonyl (C=O) groups is 3. The summed E-state index contributed by atoms with van der Waals surface area (Å²) in [5.74, 6) is -1.42. The predicted octanol–water partition coefficient (Wildman–Crippen LogP) is 1.46. The van der Waals surface area contributed by atoms with Crippen molar-refractivity contribution in [1.82, 2.24) is 10.6 Å². The lowest BCUT2D eigenvalue weighted by molar-refractivity contribution is -0.134. The molecule has 166 valence electrons. The van der Waals surface area contributed by atoms with Gasteiger partial charge in [0.2, 0.25) is 11.8 Å². The molecule has 9 nitrogen and oxygen atoms in total. The smallest absolute Gasteiger partial charge is 0.300 e. The third-order valence-corrected chi connectivity index (χ3v) is 5.54. The van der Waals surface area contributed by atoms with E-state index in [2.05, 4.69) is 10.6 Å². The highest BCUT2D eigenvalue weighted by Gasteiger charge is 2.34. The Morgan fingerprint density at radius 1 is 1.07 bits per heavy atom. The minimum atomic E-state index is -2.43. The Morgan fingerprint density at radius 3 is 1.86 bits per heavy atom. The summed E-state index contributed by atoms with van der Waals surface area (Å²) in [6.45, 7) is 9.13. The largest absolute Gasteiger partial charge is 0.481 e. The minimum Gasteiger partial charge on any atom is -0.481 e. The fraction of sp³-hybridized carbons (Fsp3) is 0.833. The fourth-order valence-corrected chi connectivity index (χ4v) is 3.81. The molecule has 4 atom stereocenters. The zero-order valence-corrected chi connectivity index (χ0v) is 19.1. The third-order valence-electron chi connectivity index (χ3n) is 3.89. The van der Waals surface area contributed by atoms with E-state index in [1.807, 2.05) is 27.7 Å². The van der Waals surface area contributed by atoms with E-state index in [9.17, 15) is 14.2 Å². The van der Waals surface area contributed by atoms with E-state index in [1.54, 1.807) is 7.05 Å². The van der Waals surface area contributed by atoms with E-state index in [0.29, 0.717) is 12.8 Å². The average Bonchev–Trinajstić information content (AvgIpc) is 2.58. The van der Waals surface area contributed by atoms with E-state index < -0.39 is 31.6 Å². The summed E-state index contributed by atoms with van der Waals surface area (Å²) in [4.78, 5) is 33.8. The Morgan fingerprint density at radius 2 is 1.54 bits per heavy atom. The number of rotatable bonds is 11. The van der Waals surface area contributed by atoms with E-state index >= 15 is 0 Å². The van der Waals surface area contributed by atoms with Gasteiger partial charge in [-0.05, 0) is 24.7 Å². The third kappa shape index (κ3) is 12.9. The Bertz CT molecular complexity index is 510. The highest BCUT2D eigenvalue weighted by Crippen LogP contribution is 2.36. The van der Waals surface area contributed by atoms with Crippen LogP contribution in [0.5, 0.6) is 0 Å². The Labute approximate surface area is 169 Å². The summed E-state index contributed by atoms with van der Waals surface area (Å²) in [5.41, 5.74) is 5.21. The molecule has 2 amide bonds. The van der Waals surface area contributed by atoms with Gasteiger partial charge in [-0.15, -0.1) is 0 Å². The molecule has 0 aliphatic rings. The van der Waals surface area contributed by atoms with Crippen molar-refractivity contribution in [3.8, 4) is 0 Å². The molecule has 0 saturated carbocycles. The molecule has 0 fully saturated rings. The summed E-state index contributed by atoms with van der Waals surface area (Å²) in [5, 5.41) is 12.8. The first-order valence-corrected chi connectivity index (χ1v) is 10.8. The fourth-order valence-electron chi connectivity index (χ4n) is 2.69. The van der Waals surface area contributed by atoms with Gasteiger partial charge in [-0.3, -0.25) is 18.9 Å². The summed E-state index contributed by atoms with van der Waals surface area (Å²) >= 11 is 0. The van der Waals surface area contributed by atoms with Crippen LogP contribution in [-0.4, -0.2) is 55.3 Å². The topological polar surface area (TPSA) is 148 Å². The van der Waals surface area contributed by atoms with Crippen LogP contribution in [-0.2, 0) is 23.5 Å². The van der Waals surface area contributed by atoms with Gasteiger partial charge in [0.25, 0.3) is 5.97 Å². The lowest BCUT2D eigenvalue weighted by Crippen LogP contribution is -2.50. The lowest BCUT2D eigenvalue weighted by Gasteiger charge is -2.28. The van der Waals surface area contributed by atoms with Gasteiger partial charge in [0.1, 0.15) is 6.04 Å². The van der Waals surface area contributed by atoms with E-state index in [4.69, 9.17) is 20.2 Å². The molecule has 10 heteroatoms. The molecule has 0 saturated heterocycles. The van der Waals surface area contributed by atoms with Gasteiger partial charge in [-0.25, -0.2) is 0 Å². The second kappa shape index (κ2) is 15.5. The second-order valence-corrected chi connectivity index (χ2v) is 9.21. The van der Waals surface area contributed by atoms with Gasteiger partial charge in [0.05, 0.1) is 11.6 Å². The molecule has 5 N–H and O–H groups in total. The number of carboxylic acid groups (broad SMARTS) is 1. The van der Waals surface area contributed by atoms with Crippen LogP contribution in [0.25, 0.3) is 0 Å². The molecule has 3 unspecified atom stereocenters. The first-order chi connectivity index (χ1) is 12.9. The number of hydrogen-bond donors (Lipinski definition) is 4. The molecule has 0 rings (SSSR count). The summed E-state index contributed by atoms with van der Waals surface area (Å²) in [6, 6.07) is -0.611. The quantitative estimate of drug-likeness (QED) is 0.368. The van der Waals surface area contributed by atoms with Crippen molar-refractivity contribution in [2.24, 2.45) is 23.5 Å². The van der Waals surface area contributed by atoms with Crippen LogP contribution in [0.15, 0.2) is 0 Å². The lowest BCUT2D eigenvalue weighted by atomic mass is 9.92. The van der Waals surface area contributed by atoms with Crippen molar-refractivity contribution in [2.75, 3.05) is 20.7 Å². The van der Waals surface area contributed by atoms with Crippen LogP contribution < -0.4 is 16.4 Å². The summed E-state index contributed by atoms with van der Waals surface area (Å²) in [6.07, 6.45) is 1.07. The molecule has 0 aliphatic carbocycles. The maximum atomic E-state index is 12.8. The molecular weight excluding hydrogens is 385 g/mol. The first-order valence-electron chi connectivity index (χ1n) is 9.40. The van der Waals surface area contributed by atoms with E-state index in [1.165, 1.54) is 7.11 Å². The second-order valence-electron chi connectivity index (χ2n) is 7.43. The van der Waals surface area contributed by atoms with Gasteiger partial charge >= 0.3 is 0 Å². The molecule has 0 spiro atoms. The zero-order valence-electron chi connectivity index (χ0n) is 18.1. The molecule has 28 heavy (non-hydrogen) atoms. The number of hydrogen-bond acceptors (Lipinski definition) is 6. The number of aliphatic carboxylic acids is 1. The van der Waals surface area contributed by atoms with Gasteiger partial charge < -0.3 is 26.0 Å². The van der Waals surface area contributed by atoms with Crippen molar-refractivity contribution < 1.29 is 28.6 Å². The van der Waals surface area contributed by atoms with Crippen molar-refractivity contribution in [2.45, 2.75) is 59.2 Å². The molecule has 0 radical (unpaired) electrons. The maximum absolute atomic E-state index is 12.8. The number of nitrogens with one attached hydrogen (secondary N) is 2. The highest BCUT2D eigenvalue weighted by atomic mass is 31.1. The normalized spacial score (nSPS) is 15.1. The minimum absolute atomic E-state index is 0.102. The molecule has 0 aromatic heterocycles. The standard InChI is InChI=1S/C16H34N3O4P.C2H4O2/c1-10(2)7-12(14(9-17)24(22)23-6)15(20)19-13(8-11(3)4)16(21)18-5;1-2(3)4/h10-14,24H,7-9,17H2,1-6H3,(H,18,21)(H,19,20);1H3,(H,3,4)/t12?,13-,14?;/m0./s1. The van der Waals surface area contributed by atoms with Crippen LogP contribution >= 0.6 is 8.03 Å². The van der Waals surface area contributed by atoms with Crippen molar-refractivity contribution in [3.63, 3.8) is 0 Å². The van der Waals surface area contributed by atoms with Crippen LogP contribution in [0, 0.1) is 17.8 Å². The number of carbonyl (C=O) groups excluding carboxylic acids is 2. The van der Waals surface area contributed by atoms with Crippen LogP contribution in [0.2, 0.25) is 0 Å². The monoisotopic (exact) mass is 423 g/mol. The Kier molecular flexibility index (Phi) is 15.9. The number of likely N-dealkylation sites (N-methyl/N-ethyl adjacent to an activating group) is 1. The molecule has 0 bridgehead atoms. The first kappa shape index (κ1) is 28.8. The van der Waals surface area contributed by atoms with Crippen LogP contribution in [0.3, 0.4) is 0 Å². The molecule has 0 aliphatic heterocycles.